The molecular weight excluding hydrogens is 380 g/mol. The van der Waals surface area contributed by atoms with Gasteiger partial charge in [-0.25, -0.2) is 9.78 Å². The zero-order chi connectivity index (χ0) is 20.7. The van der Waals surface area contributed by atoms with Gasteiger partial charge in [0.15, 0.2) is 5.96 Å². The Morgan fingerprint density at radius 3 is 2.89 bits per heavy atom. The lowest BCUT2D eigenvalue weighted by molar-refractivity contribution is 0.0302. The summed E-state index contributed by atoms with van der Waals surface area (Å²) >= 11 is 6.25. The summed E-state index contributed by atoms with van der Waals surface area (Å²) in [6.07, 6.45) is 2.38. The minimum Gasteiger partial charge on any atom is -0.444 e. The summed E-state index contributed by atoms with van der Waals surface area (Å²) < 4.78 is 5.35. The van der Waals surface area contributed by atoms with E-state index in [9.17, 15) is 4.79 Å². The molecule has 0 bridgehead atoms. The second-order valence-electron chi connectivity index (χ2n) is 7.79. The molecule has 1 unspecified atom stereocenters. The first-order valence-corrected chi connectivity index (χ1v) is 9.84. The van der Waals surface area contributed by atoms with E-state index < -0.39 is 5.60 Å². The third kappa shape index (κ3) is 6.74. The van der Waals surface area contributed by atoms with Crippen molar-refractivity contribution in [3.63, 3.8) is 0 Å². The molecule has 2 N–H and O–H groups in total. The van der Waals surface area contributed by atoms with Gasteiger partial charge in [0.2, 0.25) is 0 Å². The van der Waals surface area contributed by atoms with Gasteiger partial charge < -0.3 is 25.2 Å². The summed E-state index contributed by atoms with van der Waals surface area (Å²) in [6.45, 7) is 8.32. The first-order chi connectivity index (χ1) is 13.2. The number of carbonyl (C=O) groups excluding carboxylic acids is 1. The number of guanidine groups is 1. The van der Waals surface area contributed by atoms with Crippen molar-refractivity contribution in [3.05, 3.63) is 23.4 Å². The molecule has 1 aliphatic heterocycles. The third-order valence-corrected chi connectivity index (χ3v) is 4.53. The molecule has 1 fully saturated rings. The summed E-state index contributed by atoms with van der Waals surface area (Å²) in [4.78, 5) is 24.3. The second-order valence-corrected chi connectivity index (χ2v) is 8.19. The van der Waals surface area contributed by atoms with Crippen molar-refractivity contribution in [3.8, 4) is 0 Å². The topological polar surface area (TPSA) is 82.1 Å². The molecular formula is C19H31ClN6O2. The molecule has 1 atom stereocenters. The Balaban J connectivity index is 1.76. The Labute approximate surface area is 172 Å². The fraction of sp³-hybridized carbons (Fsp3) is 0.632. The second kappa shape index (κ2) is 9.82. The molecule has 1 amide bonds. The number of ether oxygens (including phenoxy) is 1. The number of anilines is 1. The fourth-order valence-corrected chi connectivity index (χ4v) is 3.08. The molecule has 28 heavy (non-hydrogen) atoms. The molecule has 1 aromatic rings. The maximum atomic E-state index is 12.0. The van der Waals surface area contributed by atoms with E-state index in [1.165, 1.54) is 0 Å². The first-order valence-electron chi connectivity index (χ1n) is 9.46. The number of pyridine rings is 1. The van der Waals surface area contributed by atoms with Crippen molar-refractivity contribution >= 4 is 29.5 Å². The lowest BCUT2D eigenvalue weighted by atomic mass is 10.2. The number of aromatic nitrogens is 1. The summed E-state index contributed by atoms with van der Waals surface area (Å²) in [5.74, 6) is 1.52. The average molecular weight is 411 g/mol. The Bertz CT molecular complexity index is 691. The van der Waals surface area contributed by atoms with Gasteiger partial charge in [-0.1, -0.05) is 11.6 Å². The number of carbonyl (C=O) groups is 1. The lowest BCUT2D eigenvalue weighted by Crippen LogP contribution is -2.47. The van der Waals surface area contributed by atoms with E-state index in [2.05, 4.69) is 25.5 Å². The molecule has 2 rings (SSSR count). The number of hydrogen-bond acceptors (Lipinski definition) is 5. The van der Waals surface area contributed by atoms with Gasteiger partial charge in [-0.15, -0.1) is 0 Å². The standard InChI is InChI=1S/C19H31ClN6O2/c1-19(2,3)28-18(27)25(5)12-10-23-17(21-4)24-14-8-11-26(13-14)16-15(20)7-6-9-22-16/h6-7,9,14H,8,10-13H2,1-5H3,(H2,21,23,24). The molecule has 8 nitrogen and oxygen atoms in total. The summed E-state index contributed by atoms with van der Waals surface area (Å²) in [5, 5.41) is 7.32. The highest BCUT2D eigenvalue weighted by molar-refractivity contribution is 6.32. The van der Waals surface area contributed by atoms with Crippen molar-refractivity contribution in [2.75, 3.05) is 45.2 Å². The van der Waals surface area contributed by atoms with Crippen LogP contribution in [0.5, 0.6) is 0 Å². The monoisotopic (exact) mass is 410 g/mol. The van der Waals surface area contributed by atoms with E-state index in [0.717, 1.165) is 25.3 Å². The van der Waals surface area contributed by atoms with Crippen LogP contribution < -0.4 is 15.5 Å². The van der Waals surface area contributed by atoms with Crippen LogP contribution in [0.25, 0.3) is 0 Å². The van der Waals surface area contributed by atoms with E-state index in [1.54, 1.807) is 25.2 Å². The maximum absolute atomic E-state index is 12.0. The summed E-state index contributed by atoms with van der Waals surface area (Å²) in [7, 11) is 3.45. The van der Waals surface area contributed by atoms with Gasteiger partial charge >= 0.3 is 6.09 Å². The SMILES string of the molecule is CN=C(NCCN(C)C(=O)OC(C)(C)C)NC1CCN(c2ncccc2Cl)C1. The van der Waals surface area contributed by atoms with Crippen LogP contribution in [0, 0.1) is 0 Å². The number of likely N-dealkylation sites (N-methyl/N-ethyl adjacent to an activating group) is 1. The highest BCUT2D eigenvalue weighted by Gasteiger charge is 2.25. The molecule has 9 heteroatoms. The molecule has 0 aromatic carbocycles. The van der Waals surface area contributed by atoms with Gasteiger partial charge in [0.25, 0.3) is 0 Å². The molecule has 156 valence electrons. The molecule has 2 heterocycles. The zero-order valence-electron chi connectivity index (χ0n) is 17.3. The molecule has 0 radical (unpaired) electrons. The van der Waals surface area contributed by atoms with Crippen molar-refractivity contribution in [1.82, 2.24) is 20.5 Å². The largest absolute Gasteiger partial charge is 0.444 e. The number of nitrogens with one attached hydrogen (secondary N) is 2. The van der Waals surface area contributed by atoms with E-state index in [4.69, 9.17) is 16.3 Å². The molecule has 1 saturated heterocycles. The maximum Gasteiger partial charge on any atom is 0.410 e. The van der Waals surface area contributed by atoms with E-state index in [1.807, 2.05) is 32.9 Å². The number of rotatable bonds is 5. The molecule has 0 spiro atoms. The lowest BCUT2D eigenvalue weighted by Gasteiger charge is -2.25. The van der Waals surface area contributed by atoms with Gasteiger partial charge in [-0.3, -0.25) is 4.99 Å². The van der Waals surface area contributed by atoms with Crippen LogP contribution in [0.4, 0.5) is 10.6 Å². The van der Waals surface area contributed by atoms with Gasteiger partial charge in [-0.05, 0) is 39.3 Å². The molecule has 1 aromatic heterocycles. The Morgan fingerprint density at radius 2 is 2.25 bits per heavy atom. The van der Waals surface area contributed by atoms with Crippen molar-refractivity contribution in [2.45, 2.75) is 38.8 Å². The summed E-state index contributed by atoms with van der Waals surface area (Å²) in [6, 6.07) is 3.93. The predicted molar refractivity (Wildman–Crippen MR) is 113 cm³/mol. The average Bonchev–Trinajstić information content (AvgIpc) is 3.07. The van der Waals surface area contributed by atoms with Crippen LogP contribution in [0.15, 0.2) is 23.3 Å². The molecule has 0 saturated carbocycles. The number of amides is 1. The number of hydrogen-bond donors (Lipinski definition) is 2. The van der Waals surface area contributed by atoms with Gasteiger partial charge in [0.05, 0.1) is 5.02 Å². The minimum absolute atomic E-state index is 0.243. The van der Waals surface area contributed by atoms with Crippen molar-refractivity contribution < 1.29 is 9.53 Å². The van der Waals surface area contributed by atoms with E-state index >= 15 is 0 Å². The zero-order valence-corrected chi connectivity index (χ0v) is 18.1. The quantitative estimate of drug-likeness (QED) is 0.572. The Kier molecular flexibility index (Phi) is 7.74. The van der Waals surface area contributed by atoms with Gasteiger partial charge in [-0.2, -0.15) is 0 Å². The van der Waals surface area contributed by atoms with Crippen LogP contribution in [0.1, 0.15) is 27.2 Å². The van der Waals surface area contributed by atoms with Gasteiger partial charge in [0.1, 0.15) is 11.4 Å². The molecule has 0 aliphatic carbocycles. The van der Waals surface area contributed by atoms with Crippen molar-refractivity contribution in [2.24, 2.45) is 4.99 Å². The van der Waals surface area contributed by atoms with Crippen LogP contribution in [-0.4, -0.2) is 73.9 Å². The van der Waals surface area contributed by atoms with Crippen molar-refractivity contribution in [1.29, 1.82) is 0 Å². The van der Waals surface area contributed by atoms with Crippen LogP contribution in [0.2, 0.25) is 5.02 Å². The predicted octanol–water partition coefficient (Wildman–Crippen LogP) is 2.35. The van der Waals surface area contributed by atoms with Crippen LogP contribution >= 0.6 is 11.6 Å². The number of aliphatic imine (C=N–C) groups is 1. The fourth-order valence-electron chi connectivity index (χ4n) is 2.84. The number of nitrogens with zero attached hydrogens (tertiary/aromatic N) is 4. The summed E-state index contributed by atoms with van der Waals surface area (Å²) in [5.41, 5.74) is -0.499. The number of halogens is 1. The third-order valence-electron chi connectivity index (χ3n) is 4.24. The highest BCUT2D eigenvalue weighted by atomic mass is 35.5. The molecule has 1 aliphatic rings. The highest BCUT2D eigenvalue weighted by Crippen LogP contribution is 2.25. The Hall–Kier alpha value is -2.22. The van der Waals surface area contributed by atoms with Crippen LogP contribution in [-0.2, 0) is 4.74 Å². The minimum atomic E-state index is -0.499. The Morgan fingerprint density at radius 1 is 1.50 bits per heavy atom. The van der Waals surface area contributed by atoms with Gasteiger partial charge in [0, 0.05) is 52.5 Å². The smallest absolute Gasteiger partial charge is 0.410 e. The first kappa shape index (κ1) is 22.1. The van der Waals surface area contributed by atoms with E-state index in [-0.39, 0.29) is 12.1 Å². The van der Waals surface area contributed by atoms with E-state index in [0.29, 0.717) is 24.1 Å². The normalized spacial score (nSPS) is 17.4. The van der Waals surface area contributed by atoms with Crippen LogP contribution in [0.3, 0.4) is 0 Å².